The number of aromatic hydroxyl groups is 1. The minimum Gasteiger partial charge on any atom is -0.507 e. The van der Waals surface area contributed by atoms with Crippen molar-refractivity contribution in [2.75, 3.05) is 13.6 Å². The van der Waals surface area contributed by atoms with Crippen molar-refractivity contribution in [3.05, 3.63) is 29.3 Å². The molecular formula is C13H20N2O2. The van der Waals surface area contributed by atoms with E-state index < -0.39 is 0 Å². The topological polar surface area (TPSA) is 66.6 Å². The van der Waals surface area contributed by atoms with Crippen molar-refractivity contribution in [2.24, 2.45) is 5.73 Å². The minimum atomic E-state index is -0.174. The van der Waals surface area contributed by atoms with Gasteiger partial charge in [-0.15, -0.1) is 0 Å². The Kier molecular flexibility index (Phi) is 4.52. The molecule has 17 heavy (non-hydrogen) atoms. The molecule has 1 atom stereocenters. The average Bonchev–Trinajstić information content (AvgIpc) is 2.28. The monoisotopic (exact) mass is 236 g/mol. The Morgan fingerprint density at radius 3 is 2.76 bits per heavy atom. The number of rotatable bonds is 4. The van der Waals surface area contributed by atoms with Crippen LogP contribution >= 0.6 is 0 Å². The van der Waals surface area contributed by atoms with Crippen LogP contribution in [0.15, 0.2) is 18.2 Å². The molecule has 0 aliphatic carbocycles. The van der Waals surface area contributed by atoms with Gasteiger partial charge in [0.15, 0.2) is 0 Å². The molecule has 1 rings (SSSR count). The summed E-state index contributed by atoms with van der Waals surface area (Å²) in [6.07, 6.45) is 0.745. The summed E-state index contributed by atoms with van der Waals surface area (Å²) >= 11 is 0. The number of nitrogens with two attached hydrogens (primary N) is 1. The number of hydrogen-bond donors (Lipinski definition) is 2. The number of amides is 1. The largest absolute Gasteiger partial charge is 0.507 e. The summed E-state index contributed by atoms with van der Waals surface area (Å²) in [4.78, 5) is 13.6. The van der Waals surface area contributed by atoms with Crippen molar-refractivity contribution in [1.29, 1.82) is 0 Å². The molecule has 1 amide bonds. The molecule has 1 aromatic carbocycles. The quantitative estimate of drug-likeness (QED) is 0.832. The summed E-state index contributed by atoms with van der Waals surface area (Å²) in [5.41, 5.74) is 6.70. The number of nitrogens with zero attached hydrogens (tertiary/aromatic N) is 1. The zero-order chi connectivity index (χ0) is 13.0. The Balaban J connectivity index is 2.78. The summed E-state index contributed by atoms with van der Waals surface area (Å²) in [7, 11) is 1.71. The molecule has 0 aliphatic heterocycles. The van der Waals surface area contributed by atoms with Crippen molar-refractivity contribution in [3.8, 4) is 5.75 Å². The van der Waals surface area contributed by atoms with E-state index in [0.717, 1.165) is 6.42 Å². The lowest BCUT2D eigenvalue weighted by Crippen LogP contribution is -2.31. The van der Waals surface area contributed by atoms with E-state index in [4.69, 9.17) is 5.73 Å². The normalized spacial score (nSPS) is 12.2. The average molecular weight is 236 g/mol. The number of aryl methyl sites for hydroxylation is 1. The maximum Gasteiger partial charge on any atom is 0.257 e. The van der Waals surface area contributed by atoms with Crippen LogP contribution in [-0.4, -0.2) is 35.5 Å². The van der Waals surface area contributed by atoms with Crippen molar-refractivity contribution < 1.29 is 9.90 Å². The first kappa shape index (κ1) is 13.5. The van der Waals surface area contributed by atoms with Crippen LogP contribution < -0.4 is 5.73 Å². The molecule has 1 unspecified atom stereocenters. The summed E-state index contributed by atoms with van der Waals surface area (Å²) in [5, 5.41) is 9.82. The molecule has 0 bridgehead atoms. The van der Waals surface area contributed by atoms with Crippen molar-refractivity contribution in [1.82, 2.24) is 4.90 Å². The van der Waals surface area contributed by atoms with Gasteiger partial charge in [0, 0.05) is 19.6 Å². The highest BCUT2D eigenvalue weighted by Crippen LogP contribution is 2.22. The third kappa shape index (κ3) is 3.46. The molecule has 1 aromatic rings. The fraction of sp³-hybridized carbons (Fsp3) is 0.462. The van der Waals surface area contributed by atoms with Crippen molar-refractivity contribution in [2.45, 2.75) is 26.3 Å². The highest BCUT2D eigenvalue weighted by Gasteiger charge is 2.16. The molecular weight excluding hydrogens is 216 g/mol. The highest BCUT2D eigenvalue weighted by atomic mass is 16.3. The lowest BCUT2D eigenvalue weighted by molar-refractivity contribution is 0.0788. The zero-order valence-corrected chi connectivity index (χ0v) is 10.6. The molecule has 0 fully saturated rings. The number of benzene rings is 1. The number of hydrogen-bond acceptors (Lipinski definition) is 3. The van der Waals surface area contributed by atoms with E-state index in [2.05, 4.69) is 0 Å². The van der Waals surface area contributed by atoms with E-state index in [0.29, 0.717) is 17.7 Å². The zero-order valence-electron chi connectivity index (χ0n) is 10.6. The van der Waals surface area contributed by atoms with Crippen LogP contribution in [0.1, 0.15) is 29.3 Å². The molecule has 94 valence electrons. The van der Waals surface area contributed by atoms with Gasteiger partial charge in [-0.3, -0.25) is 4.79 Å². The summed E-state index contributed by atoms with van der Waals surface area (Å²) in [5.74, 6) is -0.114. The van der Waals surface area contributed by atoms with Crippen LogP contribution in [-0.2, 0) is 0 Å². The van der Waals surface area contributed by atoms with Crippen LogP contribution in [0.2, 0.25) is 0 Å². The van der Waals surface area contributed by atoms with E-state index in [9.17, 15) is 9.90 Å². The van der Waals surface area contributed by atoms with Gasteiger partial charge in [0.05, 0.1) is 5.56 Å². The van der Waals surface area contributed by atoms with E-state index in [1.165, 1.54) is 0 Å². The molecule has 4 heteroatoms. The van der Waals surface area contributed by atoms with Crippen molar-refractivity contribution >= 4 is 5.91 Å². The third-order valence-electron chi connectivity index (χ3n) is 2.73. The number of para-hydroxylation sites is 1. The molecule has 3 N–H and O–H groups in total. The van der Waals surface area contributed by atoms with Gasteiger partial charge in [0.1, 0.15) is 5.75 Å². The van der Waals surface area contributed by atoms with Gasteiger partial charge in [-0.1, -0.05) is 12.1 Å². The number of carbonyl (C=O) groups excluding carboxylic acids is 1. The fourth-order valence-corrected chi connectivity index (χ4v) is 1.54. The fourth-order valence-electron chi connectivity index (χ4n) is 1.54. The van der Waals surface area contributed by atoms with E-state index in [1.807, 2.05) is 6.92 Å². The summed E-state index contributed by atoms with van der Waals surface area (Å²) in [6, 6.07) is 5.24. The number of phenols is 1. The predicted molar refractivity (Wildman–Crippen MR) is 68.1 cm³/mol. The van der Waals surface area contributed by atoms with E-state index in [-0.39, 0.29) is 17.7 Å². The molecule has 0 radical (unpaired) electrons. The third-order valence-corrected chi connectivity index (χ3v) is 2.73. The van der Waals surface area contributed by atoms with Gasteiger partial charge in [0.25, 0.3) is 5.91 Å². The van der Waals surface area contributed by atoms with Crippen LogP contribution in [0.4, 0.5) is 0 Å². The standard InChI is InChI=1S/C13H20N2O2/c1-9-5-4-6-11(12(9)16)13(17)15(3)8-7-10(2)14/h4-6,10,16H,7-8,14H2,1-3H3. The first-order valence-electron chi connectivity index (χ1n) is 5.73. The SMILES string of the molecule is Cc1cccc(C(=O)N(C)CCC(C)N)c1O. The minimum absolute atomic E-state index is 0.0603. The van der Waals surface area contributed by atoms with Crippen LogP contribution in [0.3, 0.4) is 0 Å². The van der Waals surface area contributed by atoms with Crippen molar-refractivity contribution in [3.63, 3.8) is 0 Å². The maximum absolute atomic E-state index is 12.1. The summed E-state index contributed by atoms with van der Waals surface area (Å²) in [6.45, 7) is 4.26. The van der Waals surface area contributed by atoms with Gasteiger partial charge >= 0.3 is 0 Å². The Hall–Kier alpha value is -1.55. The van der Waals surface area contributed by atoms with Gasteiger partial charge in [-0.25, -0.2) is 0 Å². The Morgan fingerprint density at radius 2 is 2.18 bits per heavy atom. The molecule has 0 saturated carbocycles. The molecule has 0 saturated heterocycles. The second-order valence-corrected chi connectivity index (χ2v) is 4.46. The van der Waals surface area contributed by atoms with E-state index >= 15 is 0 Å². The smallest absolute Gasteiger partial charge is 0.257 e. The molecule has 4 nitrogen and oxygen atoms in total. The molecule has 0 aromatic heterocycles. The molecule has 0 aliphatic rings. The lowest BCUT2D eigenvalue weighted by atomic mass is 10.1. The number of carbonyl (C=O) groups is 1. The second kappa shape index (κ2) is 5.68. The first-order chi connectivity index (χ1) is 7.93. The predicted octanol–water partition coefficient (Wildman–Crippen LogP) is 1.51. The van der Waals surface area contributed by atoms with E-state index in [1.54, 1.807) is 37.1 Å². The van der Waals surface area contributed by atoms with Crippen LogP contribution in [0.25, 0.3) is 0 Å². The Morgan fingerprint density at radius 1 is 1.53 bits per heavy atom. The number of phenolic OH excluding ortho intramolecular Hbond substituents is 1. The summed E-state index contributed by atoms with van der Waals surface area (Å²) < 4.78 is 0. The van der Waals surface area contributed by atoms with Gasteiger partial charge in [0.2, 0.25) is 0 Å². The Labute approximate surface area is 102 Å². The maximum atomic E-state index is 12.1. The van der Waals surface area contributed by atoms with Crippen LogP contribution in [0.5, 0.6) is 5.75 Å². The highest BCUT2D eigenvalue weighted by molar-refractivity contribution is 5.97. The molecule has 0 spiro atoms. The molecule has 0 heterocycles. The first-order valence-corrected chi connectivity index (χ1v) is 5.73. The van der Waals surface area contributed by atoms with Gasteiger partial charge in [-0.05, 0) is 31.9 Å². The second-order valence-electron chi connectivity index (χ2n) is 4.46. The van der Waals surface area contributed by atoms with Gasteiger partial charge < -0.3 is 15.7 Å². The Bertz CT molecular complexity index is 402. The lowest BCUT2D eigenvalue weighted by Gasteiger charge is -2.19. The van der Waals surface area contributed by atoms with Gasteiger partial charge in [-0.2, -0.15) is 0 Å². The van der Waals surface area contributed by atoms with Crippen LogP contribution in [0, 0.1) is 6.92 Å².